The van der Waals surface area contributed by atoms with Crippen LogP contribution in [0.15, 0.2) is 0 Å². The monoisotopic (exact) mass is 143 g/mol. The van der Waals surface area contributed by atoms with Crippen molar-refractivity contribution in [3.05, 3.63) is 0 Å². The predicted octanol–water partition coefficient (Wildman–Crippen LogP) is -0.284. The van der Waals surface area contributed by atoms with Gasteiger partial charge in [-0.3, -0.25) is 0 Å². The molecule has 3 heteroatoms. The third-order valence-corrected chi connectivity index (χ3v) is 1.84. The first kappa shape index (κ1) is 6.58. The zero-order valence-electron chi connectivity index (χ0n) is 6.25. The molecule has 10 heavy (non-hydrogen) atoms. The van der Waals surface area contributed by atoms with Crippen LogP contribution in [0, 0.1) is 0 Å². The molecule has 0 aromatic rings. The topological polar surface area (TPSA) is 28.3 Å². The smallest absolute Gasteiger partial charge is 0.0936 e. The molecule has 0 saturated carbocycles. The second-order valence-electron chi connectivity index (χ2n) is 3.13. The molecule has 0 spiro atoms. The second-order valence-corrected chi connectivity index (χ2v) is 3.13. The van der Waals surface area contributed by atoms with Gasteiger partial charge in [-0.05, 0) is 7.05 Å². The Kier molecular flexibility index (Phi) is 1.64. The largest absolute Gasteiger partial charge is 0.372 e. The number of hydrogen-bond donors (Lipinski definition) is 0. The Balaban J connectivity index is 1.60. The normalized spacial score (nSPS) is 36.6. The Morgan fingerprint density at radius 1 is 1.20 bits per heavy atom. The molecule has 0 amide bonds. The maximum Gasteiger partial charge on any atom is 0.0936 e. The van der Waals surface area contributed by atoms with Crippen molar-refractivity contribution in [2.45, 2.75) is 12.2 Å². The molecule has 2 heterocycles. The number of nitrogens with zero attached hydrogens (tertiary/aromatic N) is 1. The SMILES string of the molecule is CN(CC1CO1)C[C@H]1CO1. The summed E-state index contributed by atoms with van der Waals surface area (Å²) in [6, 6.07) is 0. The van der Waals surface area contributed by atoms with Gasteiger partial charge < -0.3 is 14.4 Å². The summed E-state index contributed by atoms with van der Waals surface area (Å²) in [6.07, 6.45) is 1.03. The van der Waals surface area contributed by atoms with E-state index in [1.54, 1.807) is 0 Å². The summed E-state index contributed by atoms with van der Waals surface area (Å²) in [5, 5.41) is 0. The molecule has 58 valence electrons. The van der Waals surface area contributed by atoms with Crippen molar-refractivity contribution in [3.63, 3.8) is 0 Å². The number of hydrogen-bond acceptors (Lipinski definition) is 3. The standard InChI is InChI=1S/C7H13NO2/c1-8(2-6-4-9-6)3-7-5-10-7/h6-7H,2-5H2,1H3/t6-,7?/m0/s1. The maximum atomic E-state index is 5.10. The van der Waals surface area contributed by atoms with E-state index >= 15 is 0 Å². The highest BCUT2D eigenvalue weighted by Crippen LogP contribution is 2.13. The molecular formula is C7H13NO2. The molecule has 0 bridgehead atoms. The Hall–Kier alpha value is -0.120. The van der Waals surface area contributed by atoms with Crippen LogP contribution in [-0.4, -0.2) is 50.5 Å². The van der Waals surface area contributed by atoms with Gasteiger partial charge in [0.15, 0.2) is 0 Å². The van der Waals surface area contributed by atoms with E-state index in [-0.39, 0.29) is 0 Å². The van der Waals surface area contributed by atoms with E-state index < -0.39 is 0 Å². The zero-order valence-corrected chi connectivity index (χ0v) is 6.25. The number of ether oxygens (including phenoxy) is 2. The molecule has 2 fully saturated rings. The molecule has 2 aliphatic heterocycles. The van der Waals surface area contributed by atoms with Crippen LogP contribution in [0.25, 0.3) is 0 Å². The average Bonchev–Trinajstić information content (AvgIpc) is 2.59. The third kappa shape index (κ3) is 1.94. The van der Waals surface area contributed by atoms with Gasteiger partial charge in [0.2, 0.25) is 0 Å². The van der Waals surface area contributed by atoms with Gasteiger partial charge in [0.1, 0.15) is 0 Å². The molecule has 1 unspecified atom stereocenters. The highest BCUT2D eigenvalue weighted by molar-refractivity contribution is 4.77. The minimum Gasteiger partial charge on any atom is -0.372 e. The average molecular weight is 143 g/mol. The highest BCUT2D eigenvalue weighted by atomic mass is 16.6. The van der Waals surface area contributed by atoms with Crippen molar-refractivity contribution < 1.29 is 9.47 Å². The molecule has 0 aromatic carbocycles. The summed E-state index contributed by atoms with van der Waals surface area (Å²) in [6.45, 7) is 4.05. The van der Waals surface area contributed by atoms with Gasteiger partial charge in [0.25, 0.3) is 0 Å². The zero-order chi connectivity index (χ0) is 6.97. The van der Waals surface area contributed by atoms with Gasteiger partial charge >= 0.3 is 0 Å². The summed E-state index contributed by atoms with van der Waals surface area (Å²) in [4.78, 5) is 2.27. The molecule has 2 aliphatic rings. The fraction of sp³-hybridized carbons (Fsp3) is 1.00. The molecule has 0 aliphatic carbocycles. The fourth-order valence-electron chi connectivity index (χ4n) is 1.12. The van der Waals surface area contributed by atoms with E-state index in [9.17, 15) is 0 Å². The summed E-state index contributed by atoms with van der Waals surface area (Å²) in [5.41, 5.74) is 0. The predicted molar refractivity (Wildman–Crippen MR) is 37.0 cm³/mol. The summed E-state index contributed by atoms with van der Waals surface area (Å²) < 4.78 is 10.2. The minimum atomic E-state index is 0.517. The van der Waals surface area contributed by atoms with Crippen LogP contribution >= 0.6 is 0 Å². The fourth-order valence-corrected chi connectivity index (χ4v) is 1.12. The molecular weight excluding hydrogens is 130 g/mol. The van der Waals surface area contributed by atoms with Crippen LogP contribution in [0.4, 0.5) is 0 Å². The lowest BCUT2D eigenvalue weighted by atomic mass is 10.4. The van der Waals surface area contributed by atoms with Gasteiger partial charge in [-0.15, -0.1) is 0 Å². The molecule has 0 aromatic heterocycles. The molecule has 2 saturated heterocycles. The van der Waals surface area contributed by atoms with Crippen molar-refractivity contribution >= 4 is 0 Å². The van der Waals surface area contributed by atoms with E-state index in [0.29, 0.717) is 12.2 Å². The van der Waals surface area contributed by atoms with E-state index in [1.807, 2.05) is 0 Å². The van der Waals surface area contributed by atoms with Crippen molar-refractivity contribution in [1.29, 1.82) is 0 Å². The van der Waals surface area contributed by atoms with Crippen LogP contribution in [0.1, 0.15) is 0 Å². The van der Waals surface area contributed by atoms with Crippen LogP contribution < -0.4 is 0 Å². The van der Waals surface area contributed by atoms with Gasteiger partial charge in [0.05, 0.1) is 25.4 Å². The van der Waals surface area contributed by atoms with E-state index in [1.165, 1.54) is 0 Å². The summed E-state index contributed by atoms with van der Waals surface area (Å²) in [7, 11) is 2.11. The number of likely N-dealkylation sites (N-methyl/N-ethyl adjacent to an activating group) is 1. The van der Waals surface area contributed by atoms with Crippen LogP contribution in [0.2, 0.25) is 0 Å². The number of rotatable bonds is 4. The molecule has 0 N–H and O–H groups in total. The van der Waals surface area contributed by atoms with E-state index in [2.05, 4.69) is 11.9 Å². The Labute approximate surface area is 60.9 Å². The van der Waals surface area contributed by atoms with Gasteiger partial charge in [-0.25, -0.2) is 0 Å². The Bertz CT molecular complexity index is 107. The van der Waals surface area contributed by atoms with Crippen LogP contribution in [0.5, 0.6) is 0 Å². The molecule has 3 nitrogen and oxygen atoms in total. The Morgan fingerprint density at radius 3 is 1.90 bits per heavy atom. The number of epoxide rings is 2. The van der Waals surface area contributed by atoms with Crippen molar-refractivity contribution in [1.82, 2.24) is 4.90 Å². The Morgan fingerprint density at radius 2 is 1.60 bits per heavy atom. The van der Waals surface area contributed by atoms with E-state index in [0.717, 1.165) is 26.3 Å². The lowest BCUT2D eigenvalue weighted by Gasteiger charge is -2.12. The van der Waals surface area contributed by atoms with Crippen LogP contribution in [0.3, 0.4) is 0 Å². The summed E-state index contributed by atoms with van der Waals surface area (Å²) in [5.74, 6) is 0. The first-order chi connectivity index (χ1) is 4.84. The minimum absolute atomic E-state index is 0.517. The van der Waals surface area contributed by atoms with Crippen LogP contribution in [-0.2, 0) is 9.47 Å². The van der Waals surface area contributed by atoms with Crippen molar-refractivity contribution in [2.75, 3.05) is 33.4 Å². The van der Waals surface area contributed by atoms with Gasteiger partial charge in [-0.1, -0.05) is 0 Å². The maximum absolute atomic E-state index is 5.10. The summed E-state index contributed by atoms with van der Waals surface area (Å²) >= 11 is 0. The molecule has 2 rings (SSSR count). The second kappa shape index (κ2) is 2.49. The van der Waals surface area contributed by atoms with Crippen molar-refractivity contribution in [2.24, 2.45) is 0 Å². The van der Waals surface area contributed by atoms with Gasteiger partial charge in [0, 0.05) is 13.1 Å². The van der Waals surface area contributed by atoms with Gasteiger partial charge in [-0.2, -0.15) is 0 Å². The first-order valence-corrected chi connectivity index (χ1v) is 3.76. The lowest BCUT2D eigenvalue weighted by molar-refractivity contribution is 0.256. The molecule has 0 radical (unpaired) electrons. The third-order valence-electron chi connectivity index (χ3n) is 1.84. The quantitative estimate of drug-likeness (QED) is 0.506. The lowest BCUT2D eigenvalue weighted by Crippen LogP contribution is -2.27. The highest BCUT2D eigenvalue weighted by Gasteiger charge is 2.28. The van der Waals surface area contributed by atoms with Crippen molar-refractivity contribution in [3.8, 4) is 0 Å². The molecule has 2 atom stereocenters. The van der Waals surface area contributed by atoms with E-state index in [4.69, 9.17) is 9.47 Å². The first-order valence-electron chi connectivity index (χ1n) is 3.76.